The molecule has 1 atom stereocenters. The lowest BCUT2D eigenvalue weighted by molar-refractivity contribution is -0.144. The van der Waals surface area contributed by atoms with Gasteiger partial charge >= 0.3 is 11.9 Å². The van der Waals surface area contributed by atoms with E-state index in [0.717, 1.165) is 38.5 Å². The summed E-state index contributed by atoms with van der Waals surface area (Å²) >= 11 is 0. The number of rotatable bonds is 13. The lowest BCUT2D eigenvalue weighted by atomic mass is 10.1. The van der Waals surface area contributed by atoms with Gasteiger partial charge in [0.1, 0.15) is 19.3 Å². The zero-order valence-electron chi connectivity index (χ0n) is 12.7. The van der Waals surface area contributed by atoms with E-state index in [-0.39, 0.29) is 18.0 Å². The first-order valence-corrected chi connectivity index (χ1v) is 7.76. The zero-order chi connectivity index (χ0) is 15.3. The van der Waals surface area contributed by atoms with Crippen LogP contribution in [0, 0.1) is 0 Å². The number of epoxide rings is 1. The third-order valence-electron chi connectivity index (χ3n) is 3.21. The topological polar surface area (TPSA) is 65.1 Å². The Hall–Kier alpha value is -1.36. The van der Waals surface area contributed by atoms with Gasteiger partial charge in [0.25, 0.3) is 0 Å². The fourth-order valence-electron chi connectivity index (χ4n) is 1.89. The highest BCUT2D eigenvalue weighted by molar-refractivity contribution is 5.69. The smallest absolute Gasteiger partial charge is 0.306 e. The van der Waals surface area contributed by atoms with E-state index in [2.05, 4.69) is 6.58 Å². The Morgan fingerprint density at radius 2 is 1.52 bits per heavy atom. The predicted molar refractivity (Wildman–Crippen MR) is 78.8 cm³/mol. The van der Waals surface area contributed by atoms with Crippen molar-refractivity contribution < 1.29 is 23.8 Å². The lowest BCUT2D eigenvalue weighted by Crippen LogP contribution is -2.09. The highest BCUT2D eigenvalue weighted by atomic mass is 16.6. The highest BCUT2D eigenvalue weighted by Crippen LogP contribution is 2.11. The summed E-state index contributed by atoms with van der Waals surface area (Å²) in [6.45, 7) is 4.90. The molecule has 0 N–H and O–H groups in total. The minimum absolute atomic E-state index is 0.129. The highest BCUT2D eigenvalue weighted by Gasteiger charge is 2.23. The van der Waals surface area contributed by atoms with Crippen molar-refractivity contribution in [3.05, 3.63) is 12.7 Å². The maximum Gasteiger partial charge on any atom is 0.306 e. The predicted octanol–water partition coefficient (Wildman–Crippen LogP) is 2.78. The molecule has 0 bridgehead atoms. The number of carbonyl (C=O) groups excluding carboxylic acids is 2. The standard InChI is InChI=1S/C16H26O5/c1-2-11-19-15(17)9-7-5-3-4-6-8-10-16(18)21-13-14-12-20-14/h2,14H,1,3-13H2. The van der Waals surface area contributed by atoms with Gasteiger partial charge in [-0.15, -0.1) is 0 Å². The van der Waals surface area contributed by atoms with Gasteiger partial charge in [0.15, 0.2) is 0 Å². The van der Waals surface area contributed by atoms with E-state index < -0.39 is 0 Å². The Morgan fingerprint density at radius 1 is 1.00 bits per heavy atom. The molecular weight excluding hydrogens is 272 g/mol. The van der Waals surface area contributed by atoms with E-state index in [1.54, 1.807) is 6.08 Å². The van der Waals surface area contributed by atoms with E-state index in [9.17, 15) is 9.59 Å². The molecule has 0 amide bonds. The summed E-state index contributed by atoms with van der Waals surface area (Å²) in [4.78, 5) is 22.5. The first kappa shape index (κ1) is 17.7. The fraction of sp³-hybridized carbons (Fsp3) is 0.750. The first-order valence-electron chi connectivity index (χ1n) is 7.76. The largest absolute Gasteiger partial charge is 0.463 e. The van der Waals surface area contributed by atoms with E-state index in [1.807, 2.05) is 0 Å². The molecule has 0 aromatic rings. The van der Waals surface area contributed by atoms with Gasteiger partial charge in [-0.05, 0) is 12.8 Å². The maximum absolute atomic E-state index is 11.3. The Balaban J connectivity index is 1.78. The third kappa shape index (κ3) is 11.0. The van der Waals surface area contributed by atoms with Gasteiger partial charge in [0.2, 0.25) is 0 Å². The molecular formula is C16H26O5. The van der Waals surface area contributed by atoms with E-state index in [1.165, 1.54) is 0 Å². The van der Waals surface area contributed by atoms with E-state index in [4.69, 9.17) is 14.2 Å². The zero-order valence-corrected chi connectivity index (χ0v) is 12.7. The summed E-state index contributed by atoms with van der Waals surface area (Å²) in [5.41, 5.74) is 0. The van der Waals surface area contributed by atoms with Crippen LogP contribution in [0.4, 0.5) is 0 Å². The van der Waals surface area contributed by atoms with Gasteiger partial charge in [-0.3, -0.25) is 9.59 Å². The lowest BCUT2D eigenvalue weighted by Gasteiger charge is -2.04. The number of hydrogen-bond donors (Lipinski definition) is 0. The van der Waals surface area contributed by atoms with Crippen molar-refractivity contribution in [2.75, 3.05) is 19.8 Å². The summed E-state index contributed by atoms with van der Waals surface area (Å²) in [6.07, 6.45) is 8.62. The van der Waals surface area contributed by atoms with Gasteiger partial charge in [-0.1, -0.05) is 38.3 Å². The number of carbonyl (C=O) groups is 2. The van der Waals surface area contributed by atoms with Crippen molar-refractivity contribution in [2.24, 2.45) is 0 Å². The normalized spacial score (nSPS) is 16.3. The van der Waals surface area contributed by atoms with Crippen molar-refractivity contribution in [2.45, 2.75) is 57.5 Å². The van der Waals surface area contributed by atoms with Crippen LogP contribution < -0.4 is 0 Å². The van der Waals surface area contributed by atoms with Crippen LogP contribution in [-0.4, -0.2) is 37.9 Å². The fourth-order valence-corrected chi connectivity index (χ4v) is 1.89. The number of unbranched alkanes of at least 4 members (excludes halogenated alkanes) is 5. The molecule has 0 aromatic carbocycles. The van der Waals surface area contributed by atoms with Crippen LogP contribution >= 0.6 is 0 Å². The van der Waals surface area contributed by atoms with Crippen molar-refractivity contribution in [3.8, 4) is 0 Å². The molecule has 21 heavy (non-hydrogen) atoms. The van der Waals surface area contributed by atoms with Crippen molar-refractivity contribution >= 4 is 11.9 Å². The number of esters is 2. The second kappa shape index (κ2) is 11.3. The molecule has 1 heterocycles. The molecule has 1 aliphatic rings. The van der Waals surface area contributed by atoms with Crippen LogP contribution in [0.25, 0.3) is 0 Å². The van der Waals surface area contributed by atoms with Gasteiger partial charge in [-0.25, -0.2) is 0 Å². The van der Waals surface area contributed by atoms with Crippen molar-refractivity contribution in [1.29, 1.82) is 0 Å². The Bertz CT molecular complexity index is 323. The number of ether oxygens (including phenoxy) is 3. The van der Waals surface area contributed by atoms with Crippen LogP contribution in [0.2, 0.25) is 0 Å². The summed E-state index contributed by atoms with van der Waals surface area (Å²) in [6, 6.07) is 0. The Morgan fingerprint density at radius 3 is 2.05 bits per heavy atom. The monoisotopic (exact) mass is 298 g/mol. The molecule has 0 spiro atoms. The summed E-state index contributed by atoms with van der Waals surface area (Å²) < 4.78 is 14.9. The quantitative estimate of drug-likeness (QED) is 0.226. The van der Waals surface area contributed by atoms with Crippen molar-refractivity contribution in [1.82, 2.24) is 0 Å². The van der Waals surface area contributed by atoms with Crippen LogP contribution in [0.5, 0.6) is 0 Å². The van der Waals surface area contributed by atoms with E-state index >= 15 is 0 Å². The second-order valence-electron chi connectivity index (χ2n) is 5.23. The minimum atomic E-state index is -0.155. The molecule has 0 radical (unpaired) electrons. The minimum Gasteiger partial charge on any atom is -0.463 e. The molecule has 0 saturated carbocycles. The maximum atomic E-state index is 11.3. The second-order valence-corrected chi connectivity index (χ2v) is 5.23. The molecule has 1 fully saturated rings. The average molecular weight is 298 g/mol. The molecule has 1 saturated heterocycles. The van der Waals surface area contributed by atoms with Gasteiger partial charge in [-0.2, -0.15) is 0 Å². The number of hydrogen-bond acceptors (Lipinski definition) is 5. The molecule has 1 unspecified atom stereocenters. The van der Waals surface area contributed by atoms with Gasteiger partial charge < -0.3 is 14.2 Å². The first-order chi connectivity index (χ1) is 10.2. The van der Waals surface area contributed by atoms with Crippen LogP contribution in [0.15, 0.2) is 12.7 Å². The Kier molecular flexibility index (Phi) is 9.53. The van der Waals surface area contributed by atoms with Crippen LogP contribution in [-0.2, 0) is 23.8 Å². The average Bonchev–Trinajstić information content (AvgIpc) is 3.30. The summed E-state index contributed by atoms with van der Waals surface area (Å²) in [5.74, 6) is -0.284. The molecule has 5 nitrogen and oxygen atoms in total. The summed E-state index contributed by atoms with van der Waals surface area (Å²) in [5, 5.41) is 0. The van der Waals surface area contributed by atoms with Crippen molar-refractivity contribution in [3.63, 3.8) is 0 Å². The molecule has 1 rings (SSSR count). The molecule has 5 heteroatoms. The SMILES string of the molecule is C=CCOC(=O)CCCCCCCCC(=O)OCC1CO1. The molecule has 1 aliphatic heterocycles. The van der Waals surface area contributed by atoms with Gasteiger partial charge in [0, 0.05) is 12.8 Å². The van der Waals surface area contributed by atoms with E-state index in [0.29, 0.717) is 32.7 Å². The molecule has 120 valence electrons. The molecule has 0 aromatic heterocycles. The Labute approximate surface area is 126 Å². The third-order valence-corrected chi connectivity index (χ3v) is 3.21. The summed E-state index contributed by atoms with van der Waals surface area (Å²) in [7, 11) is 0. The van der Waals surface area contributed by atoms with Gasteiger partial charge in [0.05, 0.1) is 6.61 Å². The van der Waals surface area contributed by atoms with Crippen LogP contribution in [0.1, 0.15) is 51.4 Å². The van der Waals surface area contributed by atoms with Crippen LogP contribution in [0.3, 0.4) is 0 Å². The molecule has 0 aliphatic carbocycles.